The molecule has 0 saturated carbocycles. The van der Waals surface area contributed by atoms with Crippen LogP contribution in [0.3, 0.4) is 0 Å². The van der Waals surface area contributed by atoms with E-state index in [9.17, 15) is 5.11 Å². The van der Waals surface area contributed by atoms with Crippen LogP contribution in [0.2, 0.25) is 5.02 Å². The second-order valence-electron chi connectivity index (χ2n) is 4.21. The standard InChI is InChI=1S/C12H15ClN2O/c1-15(2)4-3-8-7-14-10-5-9(13)6-11(16)12(8)10/h5-7,14,16H,3-4H2,1-2H3. The maximum Gasteiger partial charge on any atom is 0.126 e. The quantitative estimate of drug-likeness (QED) is 0.863. The van der Waals surface area contributed by atoms with Crippen molar-refractivity contribution >= 4 is 22.5 Å². The number of aromatic hydroxyl groups is 1. The van der Waals surface area contributed by atoms with Gasteiger partial charge in [-0.1, -0.05) is 11.6 Å². The first-order valence-corrected chi connectivity index (χ1v) is 5.59. The van der Waals surface area contributed by atoms with Crippen LogP contribution in [-0.4, -0.2) is 35.6 Å². The number of phenols is 1. The molecule has 0 fully saturated rings. The molecule has 2 rings (SSSR count). The van der Waals surface area contributed by atoms with Gasteiger partial charge in [-0.3, -0.25) is 0 Å². The molecule has 0 aliphatic heterocycles. The highest BCUT2D eigenvalue weighted by Gasteiger charge is 2.09. The van der Waals surface area contributed by atoms with Gasteiger partial charge in [-0.05, 0) is 38.2 Å². The van der Waals surface area contributed by atoms with Crippen LogP contribution < -0.4 is 0 Å². The fourth-order valence-electron chi connectivity index (χ4n) is 1.82. The van der Waals surface area contributed by atoms with Gasteiger partial charge in [0.2, 0.25) is 0 Å². The van der Waals surface area contributed by atoms with Crippen molar-refractivity contribution in [1.29, 1.82) is 0 Å². The predicted molar refractivity (Wildman–Crippen MR) is 67.2 cm³/mol. The Kier molecular flexibility index (Phi) is 3.08. The fourth-order valence-corrected chi connectivity index (χ4v) is 2.03. The summed E-state index contributed by atoms with van der Waals surface area (Å²) < 4.78 is 0. The summed E-state index contributed by atoms with van der Waals surface area (Å²) in [5, 5.41) is 11.3. The van der Waals surface area contributed by atoms with E-state index in [1.807, 2.05) is 26.4 Å². The first-order valence-electron chi connectivity index (χ1n) is 5.21. The Morgan fingerprint density at radius 2 is 2.12 bits per heavy atom. The molecule has 3 nitrogen and oxygen atoms in total. The van der Waals surface area contributed by atoms with E-state index in [2.05, 4.69) is 9.88 Å². The van der Waals surface area contributed by atoms with Gasteiger partial charge >= 0.3 is 0 Å². The van der Waals surface area contributed by atoms with Crippen LogP contribution in [0, 0.1) is 0 Å². The van der Waals surface area contributed by atoms with Crippen LogP contribution in [0.1, 0.15) is 5.56 Å². The second kappa shape index (κ2) is 4.36. The summed E-state index contributed by atoms with van der Waals surface area (Å²) in [5.74, 6) is 0.248. The van der Waals surface area contributed by atoms with Gasteiger partial charge in [0.15, 0.2) is 0 Å². The topological polar surface area (TPSA) is 39.3 Å². The number of halogens is 1. The average molecular weight is 239 g/mol. The number of aromatic amines is 1. The second-order valence-corrected chi connectivity index (χ2v) is 4.65. The lowest BCUT2D eigenvalue weighted by molar-refractivity contribution is 0.414. The minimum Gasteiger partial charge on any atom is -0.507 e. The van der Waals surface area contributed by atoms with E-state index in [1.54, 1.807) is 6.07 Å². The van der Waals surface area contributed by atoms with Crippen molar-refractivity contribution < 1.29 is 5.11 Å². The number of benzene rings is 1. The van der Waals surface area contributed by atoms with Gasteiger partial charge in [-0.2, -0.15) is 0 Å². The predicted octanol–water partition coefficient (Wildman–Crippen LogP) is 2.63. The molecule has 0 amide bonds. The number of likely N-dealkylation sites (N-methyl/N-ethyl adjacent to an activating group) is 1. The van der Waals surface area contributed by atoms with Crippen molar-refractivity contribution in [1.82, 2.24) is 9.88 Å². The van der Waals surface area contributed by atoms with E-state index in [0.717, 1.165) is 29.4 Å². The van der Waals surface area contributed by atoms with Crippen LogP contribution in [0.4, 0.5) is 0 Å². The van der Waals surface area contributed by atoms with Gasteiger partial charge in [0.25, 0.3) is 0 Å². The third-order valence-electron chi connectivity index (χ3n) is 2.63. The van der Waals surface area contributed by atoms with Crippen molar-refractivity contribution in [3.05, 3.63) is 28.9 Å². The van der Waals surface area contributed by atoms with Gasteiger partial charge in [0.05, 0.1) is 5.52 Å². The molecule has 1 aromatic carbocycles. The van der Waals surface area contributed by atoms with Crippen LogP contribution in [0.25, 0.3) is 10.9 Å². The summed E-state index contributed by atoms with van der Waals surface area (Å²) in [6.45, 7) is 0.953. The summed E-state index contributed by atoms with van der Waals surface area (Å²) >= 11 is 5.87. The SMILES string of the molecule is CN(C)CCc1c[nH]c2cc(Cl)cc(O)c12. The molecule has 0 aliphatic carbocycles. The Balaban J connectivity index is 2.40. The molecule has 4 heteroatoms. The van der Waals surface area contributed by atoms with Gasteiger partial charge < -0.3 is 15.0 Å². The maximum absolute atomic E-state index is 9.87. The minimum absolute atomic E-state index is 0.248. The van der Waals surface area contributed by atoms with E-state index in [-0.39, 0.29) is 5.75 Å². The number of H-pyrrole nitrogens is 1. The van der Waals surface area contributed by atoms with Gasteiger partial charge in [-0.25, -0.2) is 0 Å². The first-order chi connectivity index (χ1) is 7.58. The molecule has 0 aliphatic rings. The highest BCUT2D eigenvalue weighted by Crippen LogP contribution is 2.31. The number of rotatable bonds is 3. The molecular weight excluding hydrogens is 224 g/mol. The number of nitrogens with one attached hydrogen (secondary N) is 1. The summed E-state index contributed by atoms with van der Waals surface area (Å²) in [6.07, 6.45) is 2.84. The molecule has 86 valence electrons. The monoisotopic (exact) mass is 238 g/mol. The van der Waals surface area contributed by atoms with Gasteiger partial charge in [0.1, 0.15) is 5.75 Å². The largest absolute Gasteiger partial charge is 0.507 e. The Labute approximate surface area is 99.6 Å². The van der Waals surface area contributed by atoms with E-state index in [4.69, 9.17) is 11.6 Å². The number of aromatic nitrogens is 1. The normalized spacial score (nSPS) is 11.5. The van der Waals surface area contributed by atoms with Crippen LogP contribution in [0.15, 0.2) is 18.3 Å². The molecule has 0 saturated heterocycles. The van der Waals surface area contributed by atoms with E-state index < -0.39 is 0 Å². The first kappa shape index (κ1) is 11.3. The molecule has 0 radical (unpaired) electrons. The summed E-state index contributed by atoms with van der Waals surface area (Å²) in [6, 6.07) is 3.41. The fraction of sp³-hybridized carbons (Fsp3) is 0.333. The molecule has 0 unspecified atom stereocenters. The summed E-state index contributed by atoms with van der Waals surface area (Å²) in [5.41, 5.74) is 2.01. The Hall–Kier alpha value is -1.19. The Morgan fingerprint density at radius 1 is 1.38 bits per heavy atom. The minimum atomic E-state index is 0.248. The van der Waals surface area contributed by atoms with Crippen molar-refractivity contribution in [2.75, 3.05) is 20.6 Å². The highest BCUT2D eigenvalue weighted by molar-refractivity contribution is 6.31. The summed E-state index contributed by atoms with van der Waals surface area (Å²) in [7, 11) is 4.07. The van der Waals surface area contributed by atoms with Crippen molar-refractivity contribution in [2.45, 2.75) is 6.42 Å². The zero-order valence-corrected chi connectivity index (χ0v) is 10.2. The van der Waals surface area contributed by atoms with Crippen molar-refractivity contribution in [2.24, 2.45) is 0 Å². The molecule has 0 atom stereocenters. The van der Waals surface area contributed by atoms with E-state index >= 15 is 0 Å². The number of hydrogen-bond acceptors (Lipinski definition) is 2. The molecule has 0 spiro atoms. The lowest BCUT2D eigenvalue weighted by Crippen LogP contribution is -2.14. The van der Waals surface area contributed by atoms with Crippen LogP contribution in [-0.2, 0) is 6.42 Å². The zero-order valence-electron chi connectivity index (χ0n) is 9.42. The van der Waals surface area contributed by atoms with Crippen LogP contribution in [0.5, 0.6) is 5.75 Å². The molecule has 2 aromatic rings. The van der Waals surface area contributed by atoms with Crippen LogP contribution >= 0.6 is 11.6 Å². The maximum atomic E-state index is 9.87. The van der Waals surface area contributed by atoms with E-state index in [0.29, 0.717) is 5.02 Å². The third kappa shape index (κ3) is 2.15. The zero-order chi connectivity index (χ0) is 11.7. The Bertz CT molecular complexity index is 505. The van der Waals surface area contributed by atoms with Crippen molar-refractivity contribution in [3.63, 3.8) is 0 Å². The molecule has 1 aromatic heterocycles. The number of phenolic OH excluding ortho intramolecular Hbond substituents is 1. The third-order valence-corrected chi connectivity index (χ3v) is 2.85. The molecule has 0 bridgehead atoms. The molecule has 1 heterocycles. The van der Waals surface area contributed by atoms with Crippen molar-refractivity contribution in [3.8, 4) is 5.75 Å². The number of hydrogen-bond donors (Lipinski definition) is 2. The van der Waals surface area contributed by atoms with Gasteiger partial charge in [0, 0.05) is 23.2 Å². The lowest BCUT2D eigenvalue weighted by Gasteiger charge is -2.08. The smallest absolute Gasteiger partial charge is 0.126 e. The number of nitrogens with zero attached hydrogens (tertiary/aromatic N) is 1. The average Bonchev–Trinajstić information content (AvgIpc) is 2.57. The molecule has 16 heavy (non-hydrogen) atoms. The summed E-state index contributed by atoms with van der Waals surface area (Å²) in [4.78, 5) is 5.25. The highest BCUT2D eigenvalue weighted by atomic mass is 35.5. The van der Waals surface area contributed by atoms with E-state index in [1.165, 1.54) is 0 Å². The number of fused-ring (bicyclic) bond motifs is 1. The molecular formula is C12H15ClN2O. The Morgan fingerprint density at radius 3 is 2.81 bits per heavy atom. The van der Waals surface area contributed by atoms with Gasteiger partial charge in [-0.15, -0.1) is 0 Å². The molecule has 2 N–H and O–H groups in total. The lowest BCUT2D eigenvalue weighted by atomic mass is 10.1.